The molecule has 20 heavy (non-hydrogen) atoms. The van der Waals surface area contributed by atoms with Gasteiger partial charge < -0.3 is 10.6 Å². The molecule has 0 spiro atoms. The molecule has 2 N–H and O–H groups in total. The Morgan fingerprint density at radius 2 is 2.10 bits per heavy atom. The summed E-state index contributed by atoms with van der Waals surface area (Å²) in [6.45, 7) is 0. The van der Waals surface area contributed by atoms with E-state index < -0.39 is 0 Å². The number of anilines is 2. The van der Waals surface area contributed by atoms with Crippen LogP contribution in [0.25, 0.3) is 0 Å². The van der Waals surface area contributed by atoms with E-state index in [1.165, 1.54) is 6.20 Å². The number of benzene rings is 1. The average Bonchev–Trinajstić information content (AvgIpc) is 2.44. The van der Waals surface area contributed by atoms with Crippen molar-refractivity contribution in [2.75, 3.05) is 12.4 Å². The third-order valence-corrected chi connectivity index (χ3v) is 3.56. The molecule has 0 bridgehead atoms. The number of carbonyl (C=O) groups excluding carboxylic acids is 1. The van der Waals surface area contributed by atoms with Gasteiger partial charge in [-0.25, -0.2) is 4.98 Å². The molecule has 0 radical (unpaired) electrons. The zero-order valence-corrected chi connectivity index (χ0v) is 13.3. The van der Waals surface area contributed by atoms with E-state index in [1.807, 2.05) is 0 Å². The first-order valence-electron chi connectivity index (χ1n) is 5.48. The second-order valence-electron chi connectivity index (χ2n) is 3.70. The first-order chi connectivity index (χ1) is 9.52. The lowest BCUT2D eigenvalue weighted by molar-refractivity contribution is 0.0964. The molecule has 0 saturated carbocycles. The summed E-state index contributed by atoms with van der Waals surface area (Å²) >= 11 is 15.1. The average molecular weight is 376 g/mol. The van der Waals surface area contributed by atoms with Gasteiger partial charge in [-0.05, 0) is 39.7 Å². The van der Waals surface area contributed by atoms with Crippen LogP contribution in [-0.4, -0.2) is 22.9 Å². The molecule has 0 saturated heterocycles. The van der Waals surface area contributed by atoms with Crippen LogP contribution in [0.4, 0.5) is 11.5 Å². The lowest BCUT2D eigenvalue weighted by atomic mass is 10.1. The molecule has 2 aromatic rings. The third kappa shape index (κ3) is 3.20. The zero-order chi connectivity index (χ0) is 14.7. The lowest BCUT2D eigenvalue weighted by Crippen LogP contribution is -2.19. The summed E-state index contributed by atoms with van der Waals surface area (Å²) in [4.78, 5) is 19.6. The second-order valence-corrected chi connectivity index (χ2v) is 5.30. The molecular weight excluding hydrogens is 367 g/mol. The first-order valence-corrected chi connectivity index (χ1v) is 7.03. The van der Waals surface area contributed by atoms with Crippen LogP contribution in [0.2, 0.25) is 10.3 Å². The quantitative estimate of drug-likeness (QED) is 0.803. The highest BCUT2D eigenvalue weighted by atomic mass is 79.9. The van der Waals surface area contributed by atoms with Crippen LogP contribution >= 0.6 is 39.1 Å². The summed E-state index contributed by atoms with van der Waals surface area (Å²) in [6, 6.07) is 5.24. The van der Waals surface area contributed by atoms with Crippen molar-refractivity contribution < 1.29 is 4.79 Å². The van der Waals surface area contributed by atoms with Gasteiger partial charge in [-0.2, -0.15) is 4.98 Å². The number of carbonyl (C=O) groups is 1. The summed E-state index contributed by atoms with van der Waals surface area (Å²) in [5.74, 6) is 0.0915. The van der Waals surface area contributed by atoms with Gasteiger partial charge in [0, 0.05) is 11.5 Å². The number of amides is 1. The van der Waals surface area contributed by atoms with Crippen molar-refractivity contribution in [1.29, 1.82) is 0 Å². The summed E-state index contributed by atoms with van der Waals surface area (Å²) in [5, 5.41) is 5.92. The maximum absolute atomic E-state index is 11.9. The Labute approximate surface area is 133 Å². The minimum atomic E-state index is -0.231. The molecule has 0 aliphatic rings. The number of nitrogens with zero attached hydrogens (tertiary/aromatic N) is 2. The third-order valence-electron chi connectivity index (χ3n) is 2.44. The van der Waals surface area contributed by atoms with Crippen LogP contribution in [0.15, 0.2) is 28.9 Å². The Morgan fingerprint density at radius 1 is 1.35 bits per heavy atom. The predicted octanol–water partition coefficient (Wildman–Crippen LogP) is 3.65. The minimum absolute atomic E-state index is 0.0606. The Balaban J connectivity index is 2.47. The molecule has 1 amide bonds. The number of para-hydroxylation sites is 1. The van der Waals surface area contributed by atoms with Crippen molar-refractivity contribution in [1.82, 2.24) is 15.3 Å². The van der Waals surface area contributed by atoms with Gasteiger partial charge in [-0.3, -0.25) is 4.79 Å². The van der Waals surface area contributed by atoms with E-state index in [0.717, 1.165) is 0 Å². The van der Waals surface area contributed by atoms with E-state index >= 15 is 0 Å². The number of hydrogen-bond donors (Lipinski definition) is 2. The number of halogens is 3. The summed E-state index contributed by atoms with van der Waals surface area (Å²) < 4.78 is 0.699. The fourth-order valence-corrected chi connectivity index (χ4v) is 2.26. The van der Waals surface area contributed by atoms with Crippen molar-refractivity contribution in [2.24, 2.45) is 0 Å². The van der Waals surface area contributed by atoms with Gasteiger partial charge in [0.1, 0.15) is 5.02 Å². The summed E-state index contributed by atoms with van der Waals surface area (Å²) in [5.41, 5.74) is 0.996. The Hall–Kier alpha value is -1.37. The van der Waals surface area contributed by atoms with Crippen molar-refractivity contribution in [3.8, 4) is 0 Å². The summed E-state index contributed by atoms with van der Waals surface area (Å²) in [7, 11) is 1.56. The second kappa shape index (κ2) is 6.39. The largest absolute Gasteiger partial charge is 0.355 e. The molecule has 1 heterocycles. The molecule has 1 aromatic carbocycles. The highest BCUT2D eigenvalue weighted by molar-refractivity contribution is 9.10. The monoisotopic (exact) mass is 374 g/mol. The zero-order valence-electron chi connectivity index (χ0n) is 10.2. The number of rotatable bonds is 3. The molecule has 0 aliphatic carbocycles. The van der Waals surface area contributed by atoms with Gasteiger partial charge in [0.2, 0.25) is 5.28 Å². The fraction of sp³-hybridized carbons (Fsp3) is 0.0833. The highest BCUT2D eigenvalue weighted by Crippen LogP contribution is 2.31. The molecule has 2 rings (SSSR count). The first kappa shape index (κ1) is 15.0. The Bertz CT molecular complexity index is 666. The number of nitrogens with one attached hydrogen (secondary N) is 2. The van der Waals surface area contributed by atoms with Crippen LogP contribution < -0.4 is 10.6 Å². The van der Waals surface area contributed by atoms with Gasteiger partial charge in [0.05, 0.1) is 17.4 Å². The Morgan fingerprint density at radius 3 is 2.80 bits per heavy atom. The van der Waals surface area contributed by atoms with E-state index in [-0.39, 0.29) is 11.2 Å². The fourth-order valence-electron chi connectivity index (χ4n) is 1.53. The highest BCUT2D eigenvalue weighted by Gasteiger charge is 2.15. The van der Waals surface area contributed by atoms with Gasteiger partial charge in [0.25, 0.3) is 5.91 Å². The van der Waals surface area contributed by atoms with Crippen LogP contribution in [0.5, 0.6) is 0 Å². The SMILES string of the molecule is CNC(=O)c1cccc(Br)c1Nc1nc(Cl)ncc1Cl. The summed E-state index contributed by atoms with van der Waals surface area (Å²) in [6.07, 6.45) is 1.38. The van der Waals surface area contributed by atoms with E-state index in [1.54, 1.807) is 25.2 Å². The lowest BCUT2D eigenvalue weighted by Gasteiger charge is -2.13. The van der Waals surface area contributed by atoms with E-state index in [0.29, 0.717) is 26.6 Å². The molecule has 0 fully saturated rings. The van der Waals surface area contributed by atoms with Gasteiger partial charge >= 0.3 is 0 Å². The van der Waals surface area contributed by atoms with Crippen LogP contribution in [0.1, 0.15) is 10.4 Å². The van der Waals surface area contributed by atoms with Crippen molar-refractivity contribution in [3.05, 3.63) is 44.7 Å². The van der Waals surface area contributed by atoms with E-state index in [2.05, 4.69) is 36.5 Å². The van der Waals surface area contributed by atoms with Crippen LogP contribution in [0, 0.1) is 0 Å². The maximum atomic E-state index is 11.9. The molecule has 0 unspecified atom stereocenters. The molecule has 104 valence electrons. The van der Waals surface area contributed by atoms with E-state index in [9.17, 15) is 4.79 Å². The minimum Gasteiger partial charge on any atom is -0.355 e. The smallest absolute Gasteiger partial charge is 0.253 e. The van der Waals surface area contributed by atoms with Crippen LogP contribution in [-0.2, 0) is 0 Å². The van der Waals surface area contributed by atoms with Crippen LogP contribution in [0.3, 0.4) is 0 Å². The molecule has 0 aliphatic heterocycles. The predicted molar refractivity (Wildman–Crippen MR) is 82.9 cm³/mol. The molecule has 0 atom stereocenters. The van der Waals surface area contributed by atoms with Crippen molar-refractivity contribution in [2.45, 2.75) is 0 Å². The normalized spacial score (nSPS) is 10.2. The van der Waals surface area contributed by atoms with Crippen molar-refractivity contribution >= 4 is 56.5 Å². The standard InChI is InChI=1S/C12H9BrCl2N4O/c1-16-11(20)6-3-2-4-7(13)9(6)18-10-8(14)5-17-12(15)19-10/h2-5H,1H3,(H,16,20)(H,17,18,19). The molecule has 8 heteroatoms. The van der Waals surface area contributed by atoms with Gasteiger partial charge in [-0.15, -0.1) is 0 Å². The van der Waals surface area contributed by atoms with E-state index in [4.69, 9.17) is 23.2 Å². The van der Waals surface area contributed by atoms with Crippen molar-refractivity contribution in [3.63, 3.8) is 0 Å². The Kier molecular flexibility index (Phi) is 4.80. The number of aromatic nitrogens is 2. The van der Waals surface area contributed by atoms with Gasteiger partial charge in [0.15, 0.2) is 5.82 Å². The molecule has 5 nitrogen and oxygen atoms in total. The van der Waals surface area contributed by atoms with Gasteiger partial charge in [-0.1, -0.05) is 17.7 Å². The maximum Gasteiger partial charge on any atom is 0.253 e. The number of hydrogen-bond acceptors (Lipinski definition) is 4. The molecular formula is C12H9BrCl2N4O. The molecule has 1 aromatic heterocycles. The topological polar surface area (TPSA) is 66.9 Å².